The van der Waals surface area contributed by atoms with E-state index in [1.54, 1.807) is 0 Å². The van der Waals surface area contributed by atoms with Crippen molar-refractivity contribution in [3.05, 3.63) is 0 Å². The topological polar surface area (TPSA) is 18.5 Å². The van der Waals surface area contributed by atoms with Crippen molar-refractivity contribution in [2.75, 3.05) is 6.61 Å². The van der Waals surface area contributed by atoms with Gasteiger partial charge in [-0.2, -0.15) is 0 Å². The van der Waals surface area contributed by atoms with E-state index in [-0.39, 0.29) is 7.12 Å². The van der Waals surface area contributed by atoms with E-state index in [4.69, 9.17) is 9.31 Å². The van der Waals surface area contributed by atoms with Crippen LogP contribution < -0.4 is 0 Å². The molecule has 1 aliphatic rings. The maximum atomic E-state index is 5.49. The van der Waals surface area contributed by atoms with Crippen molar-refractivity contribution in [1.29, 1.82) is 0 Å². The number of hydrogen-bond acceptors (Lipinski definition) is 2. The van der Waals surface area contributed by atoms with Gasteiger partial charge in [-0.1, -0.05) is 26.2 Å². The fourth-order valence-electron chi connectivity index (χ4n) is 1.37. The second-order valence-electron chi connectivity index (χ2n) is 3.15. The molecule has 0 aromatic carbocycles. The van der Waals surface area contributed by atoms with Crippen LogP contribution in [0.5, 0.6) is 0 Å². The largest absolute Gasteiger partial charge is 0.453 e. The zero-order valence-corrected chi connectivity index (χ0v) is 7.51. The third kappa shape index (κ3) is 3.26. The fourth-order valence-corrected chi connectivity index (χ4v) is 1.37. The summed E-state index contributed by atoms with van der Waals surface area (Å²) in [6.07, 6.45) is 5.41. The molecule has 0 aromatic rings. The Balaban J connectivity index is 1.99. The Hall–Kier alpha value is -0.0151. The molecule has 1 fully saturated rings. The van der Waals surface area contributed by atoms with Gasteiger partial charge in [0, 0.05) is 0 Å². The van der Waals surface area contributed by atoms with Gasteiger partial charge in [0.25, 0.3) is 0 Å². The molecule has 0 N–H and O–H groups in total. The van der Waals surface area contributed by atoms with E-state index in [0.29, 0.717) is 6.10 Å². The Morgan fingerprint density at radius 3 is 2.82 bits per heavy atom. The second kappa shape index (κ2) is 4.78. The molecule has 11 heavy (non-hydrogen) atoms. The van der Waals surface area contributed by atoms with Gasteiger partial charge in [0.1, 0.15) is 0 Å². The Morgan fingerprint density at radius 1 is 1.45 bits per heavy atom. The first-order chi connectivity index (χ1) is 5.33. The lowest BCUT2D eigenvalue weighted by atomic mass is 9.97. The van der Waals surface area contributed by atoms with Crippen molar-refractivity contribution in [3.63, 3.8) is 0 Å². The average Bonchev–Trinajstić information content (AvgIpc) is 2.37. The van der Waals surface area contributed by atoms with Gasteiger partial charge in [0.05, 0.1) is 12.7 Å². The molecular formula is C8H17BO2. The molecule has 1 saturated heterocycles. The van der Waals surface area contributed by atoms with E-state index in [9.17, 15) is 0 Å². The quantitative estimate of drug-likeness (QED) is 0.458. The van der Waals surface area contributed by atoms with E-state index in [2.05, 4.69) is 6.92 Å². The van der Waals surface area contributed by atoms with Crippen molar-refractivity contribution >= 4 is 7.12 Å². The molecule has 2 nitrogen and oxygen atoms in total. The zero-order valence-electron chi connectivity index (χ0n) is 7.51. The lowest BCUT2D eigenvalue weighted by Crippen LogP contribution is -2.12. The van der Waals surface area contributed by atoms with Crippen LogP contribution in [0.15, 0.2) is 0 Å². The SMILES string of the molecule is CCCCCC1COB(C)O1. The molecule has 0 aromatic heterocycles. The van der Waals surface area contributed by atoms with E-state index in [1.165, 1.54) is 19.3 Å². The Labute approximate surface area is 69.4 Å². The molecule has 1 atom stereocenters. The Kier molecular flexibility index (Phi) is 3.94. The fraction of sp³-hybridized carbons (Fsp3) is 1.00. The van der Waals surface area contributed by atoms with Crippen LogP contribution in [0.4, 0.5) is 0 Å². The molecule has 0 amide bonds. The van der Waals surface area contributed by atoms with Gasteiger partial charge in [-0.05, 0) is 13.2 Å². The minimum absolute atomic E-state index is 0.0293. The average molecular weight is 156 g/mol. The molecule has 0 spiro atoms. The first-order valence-corrected chi connectivity index (χ1v) is 4.60. The highest BCUT2D eigenvalue weighted by Crippen LogP contribution is 2.14. The summed E-state index contributed by atoms with van der Waals surface area (Å²) in [5, 5.41) is 0. The maximum absolute atomic E-state index is 5.49. The summed E-state index contributed by atoms with van der Waals surface area (Å²) in [4.78, 5) is 0. The van der Waals surface area contributed by atoms with Crippen molar-refractivity contribution in [3.8, 4) is 0 Å². The number of unbranched alkanes of at least 4 members (excludes halogenated alkanes) is 2. The molecule has 1 heterocycles. The summed E-state index contributed by atoms with van der Waals surface area (Å²) >= 11 is 0. The van der Waals surface area contributed by atoms with Crippen LogP contribution in [0, 0.1) is 0 Å². The van der Waals surface area contributed by atoms with Gasteiger partial charge in [-0.15, -0.1) is 0 Å². The minimum atomic E-state index is 0.0293. The lowest BCUT2D eigenvalue weighted by molar-refractivity contribution is 0.217. The summed E-state index contributed by atoms with van der Waals surface area (Å²) in [6.45, 7) is 4.97. The maximum Gasteiger partial charge on any atom is 0.453 e. The molecular weight excluding hydrogens is 139 g/mol. The van der Waals surface area contributed by atoms with Crippen molar-refractivity contribution in [2.45, 2.75) is 45.5 Å². The summed E-state index contributed by atoms with van der Waals surface area (Å²) in [5.41, 5.74) is 0. The van der Waals surface area contributed by atoms with Gasteiger partial charge >= 0.3 is 7.12 Å². The monoisotopic (exact) mass is 156 g/mol. The third-order valence-electron chi connectivity index (χ3n) is 2.03. The van der Waals surface area contributed by atoms with Gasteiger partial charge in [0.15, 0.2) is 0 Å². The van der Waals surface area contributed by atoms with Crippen LogP contribution >= 0.6 is 0 Å². The minimum Gasteiger partial charge on any atom is -0.409 e. The molecule has 1 unspecified atom stereocenters. The van der Waals surface area contributed by atoms with Crippen molar-refractivity contribution in [1.82, 2.24) is 0 Å². The molecule has 0 bridgehead atoms. The molecule has 0 saturated carbocycles. The Bertz CT molecular complexity index is 108. The van der Waals surface area contributed by atoms with Crippen LogP contribution in [0.2, 0.25) is 6.82 Å². The smallest absolute Gasteiger partial charge is 0.409 e. The van der Waals surface area contributed by atoms with Crippen LogP contribution in [0.1, 0.15) is 32.6 Å². The molecule has 1 rings (SSSR count). The summed E-state index contributed by atoms with van der Waals surface area (Å²) in [6, 6.07) is 0. The van der Waals surface area contributed by atoms with E-state index < -0.39 is 0 Å². The number of hydrogen-bond donors (Lipinski definition) is 0. The highest BCUT2D eigenvalue weighted by atomic mass is 16.6. The normalized spacial score (nSPS) is 24.5. The van der Waals surface area contributed by atoms with E-state index in [1.807, 2.05) is 6.82 Å². The van der Waals surface area contributed by atoms with Gasteiger partial charge in [-0.3, -0.25) is 0 Å². The standard InChI is InChI=1S/C8H17BO2/c1-3-4-5-6-8-7-10-9(2)11-8/h8H,3-7H2,1-2H3. The van der Waals surface area contributed by atoms with Crippen molar-refractivity contribution < 1.29 is 9.31 Å². The van der Waals surface area contributed by atoms with E-state index in [0.717, 1.165) is 13.0 Å². The zero-order chi connectivity index (χ0) is 8.10. The molecule has 1 aliphatic heterocycles. The molecule has 0 radical (unpaired) electrons. The predicted molar refractivity (Wildman–Crippen MR) is 46.6 cm³/mol. The second-order valence-corrected chi connectivity index (χ2v) is 3.15. The lowest BCUT2D eigenvalue weighted by Gasteiger charge is -2.06. The third-order valence-corrected chi connectivity index (χ3v) is 2.03. The van der Waals surface area contributed by atoms with Gasteiger partial charge in [-0.25, -0.2) is 0 Å². The van der Waals surface area contributed by atoms with Crippen LogP contribution in [-0.2, 0) is 9.31 Å². The first kappa shape index (κ1) is 9.08. The predicted octanol–water partition coefficient (Wildman–Crippen LogP) is 2.10. The first-order valence-electron chi connectivity index (χ1n) is 4.60. The van der Waals surface area contributed by atoms with Crippen LogP contribution in [-0.4, -0.2) is 19.8 Å². The van der Waals surface area contributed by atoms with E-state index >= 15 is 0 Å². The van der Waals surface area contributed by atoms with Gasteiger partial charge < -0.3 is 9.31 Å². The van der Waals surface area contributed by atoms with Crippen LogP contribution in [0.3, 0.4) is 0 Å². The summed E-state index contributed by atoms with van der Waals surface area (Å²) in [7, 11) is 0.0293. The van der Waals surface area contributed by atoms with Crippen LogP contribution in [0.25, 0.3) is 0 Å². The number of rotatable bonds is 4. The summed E-state index contributed by atoms with van der Waals surface area (Å²) in [5.74, 6) is 0. The molecule has 64 valence electrons. The highest BCUT2D eigenvalue weighted by molar-refractivity contribution is 6.43. The van der Waals surface area contributed by atoms with Gasteiger partial charge in [0.2, 0.25) is 0 Å². The summed E-state index contributed by atoms with van der Waals surface area (Å²) < 4.78 is 10.8. The van der Waals surface area contributed by atoms with Crippen molar-refractivity contribution in [2.24, 2.45) is 0 Å². The molecule has 3 heteroatoms. The molecule has 0 aliphatic carbocycles. The Morgan fingerprint density at radius 2 is 2.27 bits per heavy atom. The highest BCUT2D eigenvalue weighted by Gasteiger charge is 2.25.